The van der Waals surface area contributed by atoms with E-state index >= 15 is 0 Å². The highest BCUT2D eigenvalue weighted by Gasteiger charge is 2.58. The molecule has 1 aliphatic carbocycles. The molecule has 3 heteroatoms. The fourth-order valence-corrected chi connectivity index (χ4v) is 4.40. The van der Waals surface area contributed by atoms with Crippen LogP contribution >= 0.6 is 0 Å². The van der Waals surface area contributed by atoms with Crippen molar-refractivity contribution in [2.75, 3.05) is 32.8 Å². The van der Waals surface area contributed by atoms with Crippen LogP contribution in [-0.4, -0.2) is 49.8 Å². The minimum absolute atomic E-state index is 0.338. The number of rotatable bonds is 4. The maximum Gasteiger partial charge on any atom is 0.0685 e. The van der Waals surface area contributed by atoms with E-state index in [4.69, 9.17) is 4.74 Å². The van der Waals surface area contributed by atoms with E-state index in [1.165, 1.54) is 39.0 Å². The van der Waals surface area contributed by atoms with Crippen LogP contribution in [0.1, 0.15) is 33.6 Å². The Kier molecular flexibility index (Phi) is 3.41. The summed E-state index contributed by atoms with van der Waals surface area (Å²) in [6, 6.07) is 0.681. The summed E-state index contributed by atoms with van der Waals surface area (Å²) in [6.45, 7) is 13.0. The maximum atomic E-state index is 5.86. The van der Waals surface area contributed by atoms with Crippen molar-refractivity contribution in [3.05, 3.63) is 0 Å². The van der Waals surface area contributed by atoms with Crippen LogP contribution in [0.3, 0.4) is 0 Å². The lowest BCUT2D eigenvalue weighted by Gasteiger charge is -2.55. The van der Waals surface area contributed by atoms with Crippen molar-refractivity contribution in [1.29, 1.82) is 0 Å². The van der Waals surface area contributed by atoms with Gasteiger partial charge in [0, 0.05) is 30.5 Å². The Morgan fingerprint density at radius 2 is 2.17 bits per heavy atom. The molecule has 0 amide bonds. The first-order valence-electron chi connectivity index (χ1n) is 7.70. The van der Waals surface area contributed by atoms with E-state index in [1.54, 1.807) is 0 Å². The first-order chi connectivity index (χ1) is 8.63. The number of hydrogen-bond donors (Lipinski definition) is 1. The van der Waals surface area contributed by atoms with E-state index in [9.17, 15) is 0 Å². The molecule has 2 saturated heterocycles. The number of hydrogen-bond acceptors (Lipinski definition) is 3. The molecule has 1 N–H and O–H groups in total. The second kappa shape index (κ2) is 4.77. The van der Waals surface area contributed by atoms with Crippen LogP contribution in [0, 0.1) is 17.3 Å². The maximum absolute atomic E-state index is 5.86. The van der Waals surface area contributed by atoms with Crippen LogP contribution < -0.4 is 5.32 Å². The SMILES string of the molecule is CCN1CCC(CNC2C3CCOC3C2(C)C)C1. The minimum atomic E-state index is 0.338. The standard InChI is InChI=1S/C15H28N2O/c1-4-17-7-5-11(10-17)9-16-13-12-6-8-18-14(12)15(13,2)3/h11-14,16H,4-10H2,1-3H3. The highest BCUT2D eigenvalue weighted by molar-refractivity contribution is 5.11. The summed E-state index contributed by atoms with van der Waals surface area (Å²) in [4.78, 5) is 2.57. The van der Waals surface area contributed by atoms with E-state index < -0.39 is 0 Å². The second-order valence-corrected chi connectivity index (χ2v) is 7.00. The van der Waals surface area contributed by atoms with E-state index in [-0.39, 0.29) is 0 Å². The zero-order valence-electron chi connectivity index (χ0n) is 12.1. The number of ether oxygens (including phenoxy) is 1. The molecule has 1 saturated carbocycles. The minimum Gasteiger partial charge on any atom is -0.377 e. The van der Waals surface area contributed by atoms with Crippen LogP contribution in [0.25, 0.3) is 0 Å². The molecule has 0 aromatic heterocycles. The predicted molar refractivity (Wildman–Crippen MR) is 73.6 cm³/mol. The van der Waals surface area contributed by atoms with E-state index in [0.29, 0.717) is 17.6 Å². The zero-order valence-corrected chi connectivity index (χ0v) is 12.1. The molecule has 0 spiro atoms. The molecule has 2 heterocycles. The highest BCUT2D eigenvalue weighted by Crippen LogP contribution is 2.52. The molecule has 4 unspecified atom stereocenters. The van der Waals surface area contributed by atoms with Gasteiger partial charge in [-0.15, -0.1) is 0 Å². The fraction of sp³-hybridized carbons (Fsp3) is 1.00. The molecule has 0 aromatic rings. The van der Waals surface area contributed by atoms with Gasteiger partial charge in [-0.05, 0) is 38.4 Å². The molecule has 4 atom stereocenters. The first-order valence-corrected chi connectivity index (χ1v) is 7.70. The number of nitrogens with one attached hydrogen (secondary N) is 1. The third-order valence-corrected chi connectivity index (χ3v) is 5.54. The van der Waals surface area contributed by atoms with Gasteiger partial charge >= 0.3 is 0 Å². The van der Waals surface area contributed by atoms with E-state index in [1.807, 2.05) is 0 Å². The van der Waals surface area contributed by atoms with Crippen molar-refractivity contribution in [3.8, 4) is 0 Å². The van der Waals surface area contributed by atoms with Crippen LogP contribution in [0.5, 0.6) is 0 Å². The summed E-state index contributed by atoms with van der Waals surface area (Å²) in [5, 5.41) is 3.86. The normalized spacial score (nSPS) is 42.8. The number of fused-ring (bicyclic) bond motifs is 1. The molecule has 3 rings (SSSR count). The Balaban J connectivity index is 1.49. The average molecular weight is 252 g/mol. The summed E-state index contributed by atoms with van der Waals surface area (Å²) in [5.74, 6) is 1.64. The number of likely N-dealkylation sites (tertiary alicyclic amines) is 1. The smallest absolute Gasteiger partial charge is 0.0685 e. The van der Waals surface area contributed by atoms with Crippen LogP contribution in [0.4, 0.5) is 0 Å². The molecule has 0 aromatic carbocycles. The van der Waals surface area contributed by atoms with E-state index in [0.717, 1.165) is 18.4 Å². The fourth-order valence-electron chi connectivity index (χ4n) is 4.40. The lowest BCUT2D eigenvalue weighted by Crippen LogP contribution is -2.66. The Labute approximate surface area is 111 Å². The lowest BCUT2D eigenvalue weighted by atomic mass is 9.57. The summed E-state index contributed by atoms with van der Waals surface area (Å²) < 4.78 is 5.86. The molecule has 3 aliphatic rings. The molecule has 3 fully saturated rings. The van der Waals surface area contributed by atoms with Gasteiger partial charge in [-0.3, -0.25) is 0 Å². The monoisotopic (exact) mass is 252 g/mol. The highest BCUT2D eigenvalue weighted by atomic mass is 16.5. The summed E-state index contributed by atoms with van der Waals surface area (Å²) in [7, 11) is 0. The molecular weight excluding hydrogens is 224 g/mol. The third-order valence-electron chi connectivity index (χ3n) is 5.54. The van der Waals surface area contributed by atoms with Gasteiger partial charge in [0.15, 0.2) is 0 Å². The lowest BCUT2D eigenvalue weighted by molar-refractivity contribution is -0.113. The topological polar surface area (TPSA) is 24.5 Å². The quantitative estimate of drug-likeness (QED) is 0.825. The van der Waals surface area contributed by atoms with Crippen LogP contribution in [0.15, 0.2) is 0 Å². The van der Waals surface area contributed by atoms with Gasteiger partial charge in [-0.1, -0.05) is 20.8 Å². The first kappa shape index (κ1) is 12.9. The number of nitrogens with zero attached hydrogens (tertiary/aromatic N) is 1. The summed E-state index contributed by atoms with van der Waals surface area (Å²) in [5.41, 5.74) is 0.338. The van der Waals surface area contributed by atoms with Crippen molar-refractivity contribution in [2.24, 2.45) is 17.3 Å². The van der Waals surface area contributed by atoms with Gasteiger partial charge in [-0.25, -0.2) is 0 Å². The molecule has 0 radical (unpaired) electrons. The molecule has 104 valence electrons. The average Bonchev–Trinajstić information content (AvgIpc) is 2.96. The Hall–Kier alpha value is -0.120. The van der Waals surface area contributed by atoms with Gasteiger partial charge in [-0.2, -0.15) is 0 Å². The Morgan fingerprint density at radius 1 is 1.33 bits per heavy atom. The van der Waals surface area contributed by atoms with Crippen molar-refractivity contribution in [1.82, 2.24) is 10.2 Å². The van der Waals surface area contributed by atoms with Gasteiger partial charge in [0.2, 0.25) is 0 Å². The zero-order chi connectivity index (χ0) is 12.8. The van der Waals surface area contributed by atoms with Crippen LogP contribution in [0.2, 0.25) is 0 Å². The molecule has 2 aliphatic heterocycles. The van der Waals surface area contributed by atoms with E-state index in [2.05, 4.69) is 31.0 Å². The third kappa shape index (κ3) is 2.00. The van der Waals surface area contributed by atoms with Gasteiger partial charge < -0.3 is 15.0 Å². The summed E-state index contributed by atoms with van der Waals surface area (Å²) in [6.07, 6.45) is 3.15. The van der Waals surface area contributed by atoms with Gasteiger partial charge in [0.25, 0.3) is 0 Å². The van der Waals surface area contributed by atoms with Crippen molar-refractivity contribution in [2.45, 2.75) is 45.8 Å². The molecular formula is C15H28N2O. The second-order valence-electron chi connectivity index (χ2n) is 7.00. The van der Waals surface area contributed by atoms with Crippen molar-refractivity contribution < 1.29 is 4.74 Å². The van der Waals surface area contributed by atoms with Crippen molar-refractivity contribution in [3.63, 3.8) is 0 Å². The van der Waals surface area contributed by atoms with Crippen LogP contribution in [-0.2, 0) is 4.74 Å². The molecule has 18 heavy (non-hydrogen) atoms. The molecule has 3 nitrogen and oxygen atoms in total. The summed E-state index contributed by atoms with van der Waals surface area (Å²) >= 11 is 0. The molecule has 0 bridgehead atoms. The Bertz CT molecular complexity index is 305. The predicted octanol–water partition coefficient (Wildman–Crippen LogP) is 1.73. The largest absolute Gasteiger partial charge is 0.377 e. The Morgan fingerprint density at radius 3 is 2.89 bits per heavy atom. The van der Waals surface area contributed by atoms with Gasteiger partial charge in [0.05, 0.1) is 6.10 Å². The van der Waals surface area contributed by atoms with Crippen molar-refractivity contribution >= 4 is 0 Å². The van der Waals surface area contributed by atoms with Gasteiger partial charge in [0.1, 0.15) is 0 Å².